The maximum absolute atomic E-state index is 12.6. The molecule has 0 saturated carbocycles. The maximum Gasteiger partial charge on any atom is 0.337 e. The molecule has 0 fully saturated rings. The Morgan fingerprint density at radius 2 is 1.82 bits per heavy atom. The highest BCUT2D eigenvalue weighted by atomic mass is 79.9. The van der Waals surface area contributed by atoms with Crippen LogP contribution >= 0.6 is 15.9 Å². The maximum atomic E-state index is 12.6. The first-order valence-electron chi connectivity index (χ1n) is 6.66. The van der Waals surface area contributed by atoms with E-state index in [1.807, 2.05) is 30.3 Å². The zero-order chi connectivity index (χ0) is 15.7. The van der Waals surface area contributed by atoms with Gasteiger partial charge in [0.1, 0.15) is 0 Å². The largest absolute Gasteiger partial charge is 0.478 e. The van der Waals surface area contributed by atoms with Crippen LogP contribution in [0.25, 0.3) is 10.8 Å². The number of benzene rings is 2. The third-order valence-corrected chi connectivity index (χ3v) is 3.97. The number of fused-ring (bicyclic) bond motifs is 1. The van der Waals surface area contributed by atoms with E-state index in [2.05, 4.69) is 15.9 Å². The first-order chi connectivity index (χ1) is 10.6. The Morgan fingerprint density at radius 3 is 2.50 bits per heavy atom. The Morgan fingerprint density at radius 1 is 1.09 bits per heavy atom. The van der Waals surface area contributed by atoms with Gasteiger partial charge < -0.3 is 9.67 Å². The molecule has 0 aliphatic carbocycles. The molecule has 5 heteroatoms. The molecule has 22 heavy (non-hydrogen) atoms. The lowest BCUT2D eigenvalue weighted by atomic mass is 10.1. The number of hydrogen-bond acceptors (Lipinski definition) is 2. The summed E-state index contributed by atoms with van der Waals surface area (Å²) in [6.45, 7) is 0.339. The van der Waals surface area contributed by atoms with Gasteiger partial charge in [0, 0.05) is 21.4 Å². The molecule has 0 amide bonds. The van der Waals surface area contributed by atoms with Gasteiger partial charge in [0.15, 0.2) is 0 Å². The third-order valence-electron chi connectivity index (χ3n) is 3.47. The number of hydrogen-bond donors (Lipinski definition) is 1. The summed E-state index contributed by atoms with van der Waals surface area (Å²) in [5, 5.41) is 10.3. The van der Waals surface area contributed by atoms with Crippen LogP contribution in [0, 0.1) is 0 Å². The minimum Gasteiger partial charge on any atom is -0.478 e. The molecule has 0 aliphatic rings. The van der Waals surface area contributed by atoms with Crippen molar-refractivity contribution in [3.05, 3.63) is 80.7 Å². The fraction of sp³-hybridized carbons (Fsp3) is 0.0588. The molecular weight excluding hydrogens is 346 g/mol. The topological polar surface area (TPSA) is 59.3 Å². The summed E-state index contributed by atoms with van der Waals surface area (Å²) < 4.78 is 2.18. The molecule has 1 aromatic heterocycles. The number of rotatable bonds is 3. The first-order valence-corrected chi connectivity index (χ1v) is 7.45. The lowest BCUT2D eigenvalue weighted by Crippen LogP contribution is -2.22. The molecule has 1 heterocycles. The van der Waals surface area contributed by atoms with Crippen LogP contribution in [-0.2, 0) is 6.54 Å². The Kier molecular flexibility index (Phi) is 3.81. The number of halogens is 1. The Hall–Kier alpha value is -2.40. The van der Waals surface area contributed by atoms with E-state index < -0.39 is 5.97 Å². The third kappa shape index (κ3) is 2.67. The predicted molar refractivity (Wildman–Crippen MR) is 88.4 cm³/mol. The van der Waals surface area contributed by atoms with Crippen molar-refractivity contribution < 1.29 is 9.90 Å². The highest BCUT2D eigenvalue weighted by molar-refractivity contribution is 9.10. The smallest absolute Gasteiger partial charge is 0.337 e. The van der Waals surface area contributed by atoms with Gasteiger partial charge in [0.2, 0.25) is 0 Å². The summed E-state index contributed by atoms with van der Waals surface area (Å²) in [6, 6.07) is 14.5. The molecule has 3 rings (SSSR count). The van der Waals surface area contributed by atoms with Crippen molar-refractivity contribution in [3.63, 3.8) is 0 Å². The van der Waals surface area contributed by atoms with E-state index >= 15 is 0 Å². The second kappa shape index (κ2) is 5.77. The summed E-state index contributed by atoms with van der Waals surface area (Å²) in [7, 11) is 0. The standard InChI is InChI=1S/C17H12BrNO3/c18-12-6-7-13-14(8-12)15(17(21)22)10-19(16(13)20)9-11-4-2-1-3-5-11/h1-8,10H,9H2,(H,21,22). The normalized spacial score (nSPS) is 10.8. The number of aromatic nitrogens is 1. The zero-order valence-corrected chi connectivity index (χ0v) is 13.1. The van der Waals surface area contributed by atoms with Gasteiger partial charge in [-0.2, -0.15) is 0 Å². The molecule has 0 spiro atoms. The molecule has 0 bridgehead atoms. The molecule has 2 aromatic carbocycles. The molecule has 3 aromatic rings. The Labute approximate surface area is 134 Å². The van der Waals surface area contributed by atoms with Crippen LogP contribution in [-0.4, -0.2) is 15.6 Å². The van der Waals surface area contributed by atoms with E-state index in [4.69, 9.17) is 0 Å². The van der Waals surface area contributed by atoms with Gasteiger partial charge in [0.05, 0.1) is 12.1 Å². The quantitative estimate of drug-likeness (QED) is 0.780. The van der Waals surface area contributed by atoms with Crippen molar-refractivity contribution in [3.8, 4) is 0 Å². The summed E-state index contributed by atoms with van der Waals surface area (Å²) >= 11 is 3.31. The van der Waals surface area contributed by atoms with E-state index in [1.54, 1.807) is 18.2 Å². The summed E-state index contributed by atoms with van der Waals surface area (Å²) in [5.41, 5.74) is 0.862. The molecule has 1 N–H and O–H groups in total. The Balaban J connectivity index is 2.24. The predicted octanol–water partition coefficient (Wildman–Crippen LogP) is 3.51. The fourth-order valence-corrected chi connectivity index (χ4v) is 2.79. The highest BCUT2D eigenvalue weighted by Crippen LogP contribution is 2.21. The van der Waals surface area contributed by atoms with Gasteiger partial charge in [-0.15, -0.1) is 0 Å². The van der Waals surface area contributed by atoms with Gasteiger partial charge in [-0.25, -0.2) is 4.79 Å². The zero-order valence-electron chi connectivity index (χ0n) is 11.5. The van der Waals surface area contributed by atoms with Crippen LogP contribution in [0.15, 0.2) is 64.0 Å². The number of pyridine rings is 1. The molecule has 4 nitrogen and oxygen atoms in total. The molecule has 0 radical (unpaired) electrons. The van der Waals surface area contributed by atoms with Gasteiger partial charge in [-0.3, -0.25) is 4.79 Å². The number of nitrogens with zero attached hydrogens (tertiary/aromatic N) is 1. The van der Waals surface area contributed by atoms with Gasteiger partial charge in [0.25, 0.3) is 5.56 Å². The van der Waals surface area contributed by atoms with E-state index in [-0.39, 0.29) is 11.1 Å². The average Bonchev–Trinajstić information content (AvgIpc) is 2.50. The molecule has 110 valence electrons. The van der Waals surface area contributed by atoms with Crippen molar-refractivity contribution in [1.29, 1.82) is 0 Å². The van der Waals surface area contributed by atoms with E-state index in [9.17, 15) is 14.7 Å². The second-order valence-electron chi connectivity index (χ2n) is 4.96. The molecule has 0 aliphatic heterocycles. The first kappa shape index (κ1) is 14.5. The van der Waals surface area contributed by atoms with E-state index in [0.717, 1.165) is 10.0 Å². The lowest BCUT2D eigenvalue weighted by Gasteiger charge is -2.10. The van der Waals surface area contributed by atoms with Crippen LogP contribution in [0.5, 0.6) is 0 Å². The van der Waals surface area contributed by atoms with Crippen LogP contribution in [0.4, 0.5) is 0 Å². The average molecular weight is 358 g/mol. The van der Waals surface area contributed by atoms with Crippen molar-refractivity contribution >= 4 is 32.7 Å². The number of carboxylic acid groups (broad SMARTS) is 1. The summed E-state index contributed by atoms with van der Waals surface area (Å²) in [4.78, 5) is 24.1. The van der Waals surface area contributed by atoms with Gasteiger partial charge in [-0.1, -0.05) is 46.3 Å². The van der Waals surface area contributed by atoms with Crippen LogP contribution in [0.1, 0.15) is 15.9 Å². The minimum absolute atomic E-state index is 0.117. The van der Waals surface area contributed by atoms with Crippen LogP contribution < -0.4 is 5.56 Å². The monoisotopic (exact) mass is 357 g/mol. The molecule has 0 atom stereocenters. The number of carbonyl (C=O) groups is 1. The van der Waals surface area contributed by atoms with E-state index in [1.165, 1.54) is 10.8 Å². The molecule has 0 saturated heterocycles. The van der Waals surface area contributed by atoms with Crippen molar-refractivity contribution in [1.82, 2.24) is 4.57 Å². The summed E-state index contributed by atoms with van der Waals surface area (Å²) in [5.74, 6) is -1.05. The highest BCUT2D eigenvalue weighted by Gasteiger charge is 2.14. The fourth-order valence-electron chi connectivity index (χ4n) is 2.43. The SMILES string of the molecule is O=C(O)c1cn(Cc2ccccc2)c(=O)c2ccc(Br)cc12. The van der Waals surface area contributed by atoms with Gasteiger partial charge >= 0.3 is 5.97 Å². The Bertz CT molecular complexity index is 916. The van der Waals surface area contributed by atoms with Gasteiger partial charge in [-0.05, 0) is 23.8 Å². The van der Waals surface area contributed by atoms with Crippen molar-refractivity contribution in [2.45, 2.75) is 6.54 Å². The lowest BCUT2D eigenvalue weighted by molar-refractivity contribution is 0.0698. The van der Waals surface area contributed by atoms with Crippen molar-refractivity contribution in [2.75, 3.05) is 0 Å². The minimum atomic E-state index is -1.05. The molecule has 0 unspecified atom stereocenters. The van der Waals surface area contributed by atoms with Crippen LogP contribution in [0.3, 0.4) is 0 Å². The van der Waals surface area contributed by atoms with E-state index in [0.29, 0.717) is 17.3 Å². The molecular formula is C17H12BrNO3. The second-order valence-corrected chi connectivity index (χ2v) is 5.87. The number of carboxylic acids is 1. The summed E-state index contributed by atoms with van der Waals surface area (Å²) in [6.07, 6.45) is 1.41. The van der Waals surface area contributed by atoms with Crippen LogP contribution in [0.2, 0.25) is 0 Å². The van der Waals surface area contributed by atoms with Crippen molar-refractivity contribution in [2.24, 2.45) is 0 Å². The number of aromatic carboxylic acids is 1.